The summed E-state index contributed by atoms with van der Waals surface area (Å²) in [4.78, 5) is 14.0. The molecule has 0 atom stereocenters. The third kappa shape index (κ3) is 3.64. The number of hydrogen-bond acceptors (Lipinski definition) is 3. The molecule has 1 saturated carbocycles. The summed E-state index contributed by atoms with van der Waals surface area (Å²) in [6, 6.07) is 5.97. The maximum absolute atomic E-state index is 12.1. The van der Waals surface area contributed by atoms with E-state index in [1.165, 1.54) is 0 Å². The smallest absolute Gasteiger partial charge is 0.260 e. The van der Waals surface area contributed by atoms with Gasteiger partial charge in [-0.05, 0) is 44.4 Å². The lowest BCUT2D eigenvalue weighted by Gasteiger charge is -2.21. The number of carbonyl (C=O) groups excluding carboxylic acids is 1. The maximum atomic E-state index is 12.1. The zero-order valence-corrected chi connectivity index (χ0v) is 12.5. The molecule has 0 aromatic heterocycles. The van der Waals surface area contributed by atoms with Crippen molar-refractivity contribution >= 4 is 17.5 Å². The van der Waals surface area contributed by atoms with Gasteiger partial charge in [-0.2, -0.15) is 0 Å². The van der Waals surface area contributed by atoms with Crippen molar-refractivity contribution in [3.05, 3.63) is 28.8 Å². The molecule has 0 heterocycles. The number of nitrogens with zero attached hydrogens (tertiary/aromatic N) is 1. The molecule has 1 aliphatic carbocycles. The average molecular weight is 297 g/mol. The summed E-state index contributed by atoms with van der Waals surface area (Å²) in [5.74, 6) is 0.605. The predicted octanol–water partition coefficient (Wildman–Crippen LogP) is 2.23. The lowest BCUT2D eigenvalue weighted by Crippen LogP contribution is -2.36. The van der Waals surface area contributed by atoms with Crippen LogP contribution in [0.25, 0.3) is 0 Å². The number of carbonyl (C=O) groups is 1. The van der Waals surface area contributed by atoms with Crippen molar-refractivity contribution in [1.82, 2.24) is 4.90 Å². The van der Waals surface area contributed by atoms with Crippen LogP contribution in [0.5, 0.6) is 5.75 Å². The minimum absolute atomic E-state index is 0.0219. The summed E-state index contributed by atoms with van der Waals surface area (Å²) in [6.45, 7) is 3.27. The molecule has 4 nitrogen and oxygen atoms in total. The van der Waals surface area contributed by atoms with Crippen LogP contribution in [0.15, 0.2) is 18.2 Å². The van der Waals surface area contributed by atoms with Gasteiger partial charge in [0.25, 0.3) is 5.91 Å². The Morgan fingerprint density at radius 3 is 2.85 bits per heavy atom. The lowest BCUT2D eigenvalue weighted by atomic mass is 10.1. The van der Waals surface area contributed by atoms with Crippen LogP contribution < -0.4 is 10.5 Å². The Kier molecular flexibility index (Phi) is 5.26. The van der Waals surface area contributed by atoms with Crippen molar-refractivity contribution in [3.63, 3.8) is 0 Å². The van der Waals surface area contributed by atoms with Crippen LogP contribution in [0, 0.1) is 0 Å². The molecular weight excluding hydrogens is 276 g/mol. The van der Waals surface area contributed by atoms with E-state index in [9.17, 15) is 4.79 Å². The van der Waals surface area contributed by atoms with E-state index in [-0.39, 0.29) is 12.5 Å². The van der Waals surface area contributed by atoms with Gasteiger partial charge in [0, 0.05) is 12.6 Å². The Bertz CT molecular complexity index is 475. The Balaban J connectivity index is 2.00. The third-order valence-corrected chi connectivity index (χ3v) is 3.75. The summed E-state index contributed by atoms with van der Waals surface area (Å²) in [6.07, 6.45) is 2.89. The molecule has 20 heavy (non-hydrogen) atoms. The molecule has 0 saturated heterocycles. The summed E-state index contributed by atoms with van der Waals surface area (Å²) < 4.78 is 5.66. The van der Waals surface area contributed by atoms with Gasteiger partial charge < -0.3 is 15.4 Å². The van der Waals surface area contributed by atoms with E-state index < -0.39 is 0 Å². The fraction of sp³-hybridized carbons (Fsp3) is 0.533. The second-order valence-corrected chi connectivity index (χ2v) is 5.37. The lowest BCUT2D eigenvalue weighted by molar-refractivity contribution is -0.133. The zero-order valence-electron chi connectivity index (χ0n) is 11.8. The van der Waals surface area contributed by atoms with Gasteiger partial charge >= 0.3 is 0 Å². The molecule has 0 unspecified atom stereocenters. The van der Waals surface area contributed by atoms with Gasteiger partial charge in [-0.3, -0.25) is 4.79 Å². The van der Waals surface area contributed by atoms with E-state index in [1.54, 1.807) is 6.07 Å². The second-order valence-electron chi connectivity index (χ2n) is 4.97. The Hall–Kier alpha value is -1.26. The van der Waals surface area contributed by atoms with Crippen LogP contribution >= 0.6 is 11.6 Å². The first-order valence-corrected chi connectivity index (χ1v) is 7.44. The summed E-state index contributed by atoms with van der Waals surface area (Å²) in [5.41, 5.74) is 6.53. The molecule has 1 aromatic rings. The molecule has 0 spiro atoms. The van der Waals surface area contributed by atoms with Crippen LogP contribution in [0.2, 0.25) is 5.02 Å². The van der Waals surface area contributed by atoms with Gasteiger partial charge in [-0.25, -0.2) is 0 Å². The van der Waals surface area contributed by atoms with Crippen molar-refractivity contribution in [2.24, 2.45) is 5.73 Å². The van der Waals surface area contributed by atoms with Gasteiger partial charge in [-0.15, -0.1) is 0 Å². The van der Waals surface area contributed by atoms with Gasteiger partial charge in [0.15, 0.2) is 6.61 Å². The molecule has 0 aliphatic heterocycles. The summed E-state index contributed by atoms with van der Waals surface area (Å²) >= 11 is 6.15. The largest absolute Gasteiger partial charge is 0.482 e. The number of para-hydroxylation sites is 1. The van der Waals surface area contributed by atoms with E-state index in [2.05, 4.69) is 0 Å². The minimum atomic E-state index is 0.0219. The summed E-state index contributed by atoms with van der Waals surface area (Å²) in [7, 11) is 0. The first-order valence-electron chi connectivity index (χ1n) is 7.07. The number of likely N-dealkylation sites (N-methyl/N-ethyl adjacent to an activating group) is 1. The Morgan fingerprint density at radius 1 is 1.50 bits per heavy atom. The first kappa shape index (κ1) is 15.1. The molecule has 1 aromatic carbocycles. The molecule has 2 N–H and O–H groups in total. The highest BCUT2D eigenvalue weighted by atomic mass is 35.5. The standard InChI is InChI=1S/C15H21ClN2O2/c1-2-18(12-6-7-12)14(19)10-20-15-11(8-9-17)4-3-5-13(15)16/h3-5,12H,2,6-10,17H2,1H3. The molecule has 0 radical (unpaired) electrons. The quantitative estimate of drug-likeness (QED) is 0.839. The average Bonchev–Trinajstić information content (AvgIpc) is 3.24. The fourth-order valence-corrected chi connectivity index (χ4v) is 2.56. The number of nitrogens with two attached hydrogens (primary N) is 1. The number of rotatable bonds is 7. The van der Waals surface area contributed by atoms with Crippen molar-refractivity contribution < 1.29 is 9.53 Å². The minimum Gasteiger partial charge on any atom is -0.482 e. The molecule has 2 rings (SSSR count). The van der Waals surface area contributed by atoms with Gasteiger partial charge in [0.2, 0.25) is 0 Å². The van der Waals surface area contributed by atoms with Gasteiger partial charge in [-0.1, -0.05) is 23.7 Å². The van der Waals surface area contributed by atoms with E-state index in [1.807, 2.05) is 24.0 Å². The normalized spacial score (nSPS) is 14.2. The second kappa shape index (κ2) is 6.95. The van der Waals surface area contributed by atoms with Gasteiger partial charge in [0.1, 0.15) is 5.75 Å². The topological polar surface area (TPSA) is 55.6 Å². The van der Waals surface area contributed by atoms with E-state index in [4.69, 9.17) is 22.1 Å². The van der Waals surface area contributed by atoms with Crippen molar-refractivity contribution in [3.8, 4) is 5.75 Å². The van der Waals surface area contributed by atoms with Crippen molar-refractivity contribution in [1.29, 1.82) is 0 Å². The zero-order chi connectivity index (χ0) is 14.5. The number of benzene rings is 1. The number of halogens is 1. The molecule has 110 valence electrons. The molecule has 1 aliphatic rings. The summed E-state index contributed by atoms with van der Waals surface area (Å²) in [5, 5.41) is 0.526. The maximum Gasteiger partial charge on any atom is 0.260 e. The number of amides is 1. The van der Waals surface area contributed by atoms with E-state index in [0.717, 1.165) is 24.9 Å². The fourth-order valence-electron chi connectivity index (χ4n) is 2.31. The van der Waals surface area contributed by atoms with Crippen LogP contribution in [-0.2, 0) is 11.2 Å². The molecule has 1 amide bonds. The first-order chi connectivity index (χ1) is 9.67. The monoisotopic (exact) mass is 296 g/mol. The van der Waals surface area contributed by atoms with Crippen molar-refractivity contribution in [2.45, 2.75) is 32.2 Å². The number of ether oxygens (including phenoxy) is 1. The Morgan fingerprint density at radius 2 is 2.25 bits per heavy atom. The molecule has 0 bridgehead atoms. The van der Waals surface area contributed by atoms with Gasteiger partial charge in [0.05, 0.1) is 5.02 Å². The highest BCUT2D eigenvalue weighted by Gasteiger charge is 2.31. The van der Waals surface area contributed by atoms with Crippen molar-refractivity contribution in [2.75, 3.05) is 19.7 Å². The highest BCUT2D eigenvalue weighted by molar-refractivity contribution is 6.32. The van der Waals surface area contributed by atoms with E-state index in [0.29, 0.717) is 29.8 Å². The van der Waals surface area contributed by atoms with E-state index >= 15 is 0 Å². The van der Waals surface area contributed by atoms with Crippen LogP contribution in [0.3, 0.4) is 0 Å². The predicted molar refractivity (Wildman–Crippen MR) is 80.1 cm³/mol. The number of hydrogen-bond donors (Lipinski definition) is 1. The van der Waals surface area contributed by atoms with Crippen LogP contribution in [0.1, 0.15) is 25.3 Å². The highest BCUT2D eigenvalue weighted by Crippen LogP contribution is 2.30. The SMILES string of the molecule is CCN(C(=O)COc1c(Cl)cccc1CCN)C1CC1. The van der Waals surface area contributed by atoms with Crippen LogP contribution in [0.4, 0.5) is 0 Å². The molecule has 5 heteroatoms. The third-order valence-electron chi connectivity index (χ3n) is 3.45. The molecule has 1 fully saturated rings. The van der Waals surface area contributed by atoms with Crippen LogP contribution in [-0.4, -0.2) is 36.5 Å². The Labute approximate surface area is 124 Å². The molecular formula is C15H21ClN2O2.